The summed E-state index contributed by atoms with van der Waals surface area (Å²) in [6, 6.07) is 0.700. The number of nitrogens with one attached hydrogen (secondary N) is 1. The van der Waals surface area contributed by atoms with Gasteiger partial charge in [0.25, 0.3) is 0 Å². The Kier molecular flexibility index (Phi) is 4.36. The molecule has 0 bridgehead atoms. The van der Waals surface area contributed by atoms with Crippen molar-refractivity contribution in [2.75, 3.05) is 26.2 Å². The molecule has 2 rings (SSSR count). The number of carbonyl (C=O) groups is 1. The summed E-state index contributed by atoms with van der Waals surface area (Å²) >= 11 is 0. The number of nitrogens with zero attached hydrogens (tertiary/aromatic N) is 1. The molecule has 5 nitrogen and oxygen atoms in total. The summed E-state index contributed by atoms with van der Waals surface area (Å²) in [6.45, 7) is 5.21. The highest BCUT2D eigenvalue weighted by Crippen LogP contribution is 2.27. The zero-order chi connectivity index (χ0) is 12.3. The molecule has 0 radical (unpaired) electrons. The molecule has 1 saturated carbocycles. The normalized spacial score (nSPS) is 27.8. The lowest BCUT2D eigenvalue weighted by Gasteiger charge is -2.33. The predicted molar refractivity (Wildman–Crippen MR) is 65.6 cm³/mol. The van der Waals surface area contributed by atoms with Crippen molar-refractivity contribution >= 4 is 5.91 Å². The number of morpholine rings is 1. The molecule has 17 heavy (non-hydrogen) atoms. The average Bonchev–Trinajstić information content (AvgIpc) is 3.10. The van der Waals surface area contributed by atoms with Gasteiger partial charge in [-0.1, -0.05) is 0 Å². The van der Waals surface area contributed by atoms with Crippen LogP contribution in [-0.2, 0) is 9.53 Å². The van der Waals surface area contributed by atoms with Crippen molar-refractivity contribution in [3.05, 3.63) is 0 Å². The average molecular weight is 241 g/mol. The Morgan fingerprint density at radius 3 is 3.00 bits per heavy atom. The highest BCUT2D eigenvalue weighted by Gasteiger charge is 2.32. The topological polar surface area (TPSA) is 67.6 Å². The quantitative estimate of drug-likeness (QED) is 0.693. The van der Waals surface area contributed by atoms with Gasteiger partial charge in [0.05, 0.1) is 12.7 Å². The fraction of sp³-hybridized carbons (Fsp3) is 0.917. The molecule has 1 saturated heterocycles. The molecule has 1 heterocycles. The third kappa shape index (κ3) is 4.26. The van der Waals surface area contributed by atoms with Crippen molar-refractivity contribution in [1.82, 2.24) is 10.2 Å². The van der Waals surface area contributed by atoms with Crippen molar-refractivity contribution in [3.8, 4) is 0 Å². The minimum Gasteiger partial charge on any atom is -0.374 e. The second kappa shape index (κ2) is 5.80. The van der Waals surface area contributed by atoms with Crippen LogP contribution in [0, 0.1) is 0 Å². The molecule has 2 aliphatic rings. The zero-order valence-corrected chi connectivity index (χ0v) is 10.5. The number of rotatable bonds is 5. The number of hydrogen-bond acceptors (Lipinski definition) is 4. The zero-order valence-electron chi connectivity index (χ0n) is 10.5. The number of nitrogens with two attached hydrogens (primary N) is 1. The molecule has 2 unspecified atom stereocenters. The van der Waals surface area contributed by atoms with Gasteiger partial charge in [-0.2, -0.15) is 0 Å². The van der Waals surface area contributed by atoms with Gasteiger partial charge in [0.15, 0.2) is 0 Å². The molecule has 1 aliphatic heterocycles. The maximum Gasteiger partial charge on any atom is 0.221 e. The first kappa shape index (κ1) is 12.8. The molecule has 5 heteroatoms. The lowest BCUT2D eigenvalue weighted by atomic mass is 10.2. The summed E-state index contributed by atoms with van der Waals surface area (Å²) in [6.07, 6.45) is 3.17. The van der Waals surface area contributed by atoms with Gasteiger partial charge in [-0.25, -0.2) is 0 Å². The van der Waals surface area contributed by atoms with E-state index in [0.29, 0.717) is 13.0 Å². The van der Waals surface area contributed by atoms with Crippen molar-refractivity contribution in [3.63, 3.8) is 0 Å². The Labute approximate surface area is 103 Å². The van der Waals surface area contributed by atoms with Gasteiger partial charge in [0.1, 0.15) is 0 Å². The van der Waals surface area contributed by atoms with Crippen molar-refractivity contribution in [2.24, 2.45) is 5.73 Å². The van der Waals surface area contributed by atoms with Crippen LogP contribution < -0.4 is 11.1 Å². The monoisotopic (exact) mass is 241 g/mol. The number of hydrogen-bond donors (Lipinski definition) is 2. The first-order valence-corrected chi connectivity index (χ1v) is 6.53. The molecule has 2 fully saturated rings. The molecule has 3 N–H and O–H groups in total. The summed E-state index contributed by atoms with van der Waals surface area (Å²) in [5.41, 5.74) is 5.57. The lowest BCUT2D eigenvalue weighted by molar-refractivity contribution is -0.122. The van der Waals surface area contributed by atoms with E-state index in [2.05, 4.69) is 10.2 Å². The van der Waals surface area contributed by atoms with Crippen LogP contribution >= 0.6 is 0 Å². The van der Waals surface area contributed by atoms with Gasteiger partial charge in [-0.05, 0) is 19.8 Å². The van der Waals surface area contributed by atoms with Crippen LogP contribution in [0.3, 0.4) is 0 Å². The largest absolute Gasteiger partial charge is 0.374 e. The Hall–Kier alpha value is -0.650. The molecule has 1 aliphatic carbocycles. The van der Waals surface area contributed by atoms with E-state index in [1.165, 1.54) is 12.8 Å². The van der Waals surface area contributed by atoms with Gasteiger partial charge in [0, 0.05) is 38.1 Å². The maximum absolute atomic E-state index is 11.5. The van der Waals surface area contributed by atoms with Crippen LogP contribution in [-0.4, -0.2) is 55.2 Å². The van der Waals surface area contributed by atoms with Gasteiger partial charge in [0.2, 0.25) is 5.91 Å². The first-order valence-electron chi connectivity index (χ1n) is 6.53. The van der Waals surface area contributed by atoms with E-state index in [1.807, 2.05) is 6.92 Å². The summed E-state index contributed by atoms with van der Waals surface area (Å²) in [5.74, 6) is 0.0205. The second-order valence-electron chi connectivity index (χ2n) is 5.20. The van der Waals surface area contributed by atoms with E-state index in [9.17, 15) is 4.79 Å². The molecule has 0 aromatic carbocycles. The molecular formula is C12H23N3O2. The predicted octanol–water partition coefficient (Wildman–Crippen LogP) is -0.297. The van der Waals surface area contributed by atoms with Crippen LogP contribution in [0.25, 0.3) is 0 Å². The molecule has 0 aromatic rings. The summed E-state index contributed by atoms with van der Waals surface area (Å²) in [4.78, 5) is 13.9. The fourth-order valence-electron chi connectivity index (χ4n) is 2.23. The Morgan fingerprint density at radius 2 is 2.35 bits per heavy atom. The van der Waals surface area contributed by atoms with E-state index < -0.39 is 0 Å². The molecule has 1 amide bonds. The third-order valence-corrected chi connectivity index (χ3v) is 3.27. The van der Waals surface area contributed by atoms with Crippen LogP contribution in [0.5, 0.6) is 0 Å². The van der Waals surface area contributed by atoms with Crippen LogP contribution in [0.15, 0.2) is 0 Å². The molecule has 0 spiro atoms. The van der Waals surface area contributed by atoms with Crippen molar-refractivity contribution in [1.29, 1.82) is 0 Å². The summed E-state index contributed by atoms with van der Waals surface area (Å²) in [5, 5.41) is 2.89. The minimum absolute atomic E-state index is 0.0205. The highest BCUT2D eigenvalue weighted by molar-refractivity contribution is 5.76. The highest BCUT2D eigenvalue weighted by atomic mass is 16.5. The molecule has 98 valence electrons. The third-order valence-electron chi connectivity index (χ3n) is 3.27. The van der Waals surface area contributed by atoms with Crippen molar-refractivity contribution in [2.45, 2.75) is 44.4 Å². The van der Waals surface area contributed by atoms with Crippen molar-refractivity contribution < 1.29 is 9.53 Å². The smallest absolute Gasteiger partial charge is 0.221 e. The minimum atomic E-state index is -0.0785. The first-order chi connectivity index (χ1) is 8.15. The second-order valence-corrected chi connectivity index (χ2v) is 5.20. The number of ether oxygens (including phenoxy) is 1. The maximum atomic E-state index is 11.5. The summed E-state index contributed by atoms with van der Waals surface area (Å²) < 4.78 is 5.65. The van der Waals surface area contributed by atoms with Gasteiger partial charge < -0.3 is 15.8 Å². The molecule has 0 aromatic heterocycles. The number of carbonyl (C=O) groups excluding carboxylic acids is 1. The van der Waals surface area contributed by atoms with Crippen LogP contribution in [0.4, 0.5) is 0 Å². The Balaban J connectivity index is 1.66. The van der Waals surface area contributed by atoms with Gasteiger partial charge in [-0.3, -0.25) is 9.69 Å². The molecule has 2 atom stereocenters. The van der Waals surface area contributed by atoms with Gasteiger partial charge >= 0.3 is 0 Å². The Bertz CT molecular complexity index is 266. The SMILES string of the molecule is CC(N)CC(=O)NCC1CN(C2CC2)CCO1. The van der Waals surface area contributed by atoms with Crippen LogP contribution in [0.1, 0.15) is 26.2 Å². The van der Waals surface area contributed by atoms with E-state index in [1.54, 1.807) is 0 Å². The molecular weight excluding hydrogens is 218 g/mol. The summed E-state index contributed by atoms with van der Waals surface area (Å²) in [7, 11) is 0. The van der Waals surface area contributed by atoms with E-state index in [4.69, 9.17) is 10.5 Å². The Morgan fingerprint density at radius 1 is 1.59 bits per heavy atom. The number of amides is 1. The van der Waals surface area contributed by atoms with E-state index in [0.717, 1.165) is 25.7 Å². The lowest BCUT2D eigenvalue weighted by Crippen LogP contribution is -2.48. The van der Waals surface area contributed by atoms with E-state index >= 15 is 0 Å². The van der Waals surface area contributed by atoms with E-state index in [-0.39, 0.29) is 18.1 Å². The fourth-order valence-corrected chi connectivity index (χ4v) is 2.23. The van der Waals surface area contributed by atoms with Crippen LogP contribution in [0.2, 0.25) is 0 Å². The standard InChI is InChI=1S/C12H23N3O2/c1-9(13)6-12(16)14-7-11-8-15(4-5-17-11)10-2-3-10/h9-11H,2-8,13H2,1H3,(H,14,16). The van der Waals surface area contributed by atoms with Gasteiger partial charge in [-0.15, -0.1) is 0 Å².